The molecule has 5 nitrogen and oxygen atoms in total. The summed E-state index contributed by atoms with van der Waals surface area (Å²) in [6.07, 6.45) is 1.02. The molecule has 1 aliphatic heterocycles. The van der Waals surface area contributed by atoms with Crippen LogP contribution in [0.5, 0.6) is 0 Å². The number of nitrogens with one attached hydrogen (secondary N) is 1. The Morgan fingerprint density at radius 2 is 1.87 bits per heavy atom. The minimum Gasteiger partial charge on any atom is -0.351 e. The van der Waals surface area contributed by atoms with Crippen LogP contribution in [0.15, 0.2) is 47.4 Å². The maximum absolute atomic E-state index is 12.4. The molecule has 1 amide bonds. The molecule has 0 spiro atoms. The predicted molar refractivity (Wildman–Crippen MR) is 133 cm³/mol. The van der Waals surface area contributed by atoms with Crippen molar-refractivity contribution in [3.63, 3.8) is 0 Å². The lowest BCUT2D eigenvalue weighted by molar-refractivity contribution is 0.0947. The fourth-order valence-corrected chi connectivity index (χ4v) is 5.60. The standard InChI is InChI=1S/C24H30N4OS2/c1-3-18-6-5-7-21-22(18)26-24(31-21)28-16-14-27(15-17-28)13-12-25-23(29)19-8-10-20(11-9-19)30-4-2/h5-11H,3-4,12-17H2,1-2H3,(H,25,29). The van der Waals surface area contributed by atoms with Gasteiger partial charge in [0.2, 0.25) is 0 Å². The number of fused-ring (bicyclic) bond motifs is 1. The predicted octanol–water partition coefficient (Wildman–Crippen LogP) is 4.52. The molecular formula is C24H30N4OS2. The van der Waals surface area contributed by atoms with Crippen LogP contribution in [0.25, 0.3) is 10.2 Å². The molecule has 1 saturated heterocycles. The van der Waals surface area contributed by atoms with Crippen LogP contribution in [0.4, 0.5) is 5.13 Å². The zero-order valence-electron chi connectivity index (χ0n) is 18.3. The van der Waals surface area contributed by atoms with Crippen LogP contribution in [0.2, 0.25) is 0 Å². The number of piperazine rings is 1. The third-order valence-electron chi connectivity index (χ3n) is 5.66. The van der Waals surface area contributed by atoms with Crippen LogP contribution in [0.1, 0.15) is 29.8 Å². The Morgan fingerprint density at radius 1 is 1.10 bits per heavy atom. The largest absolute Gasteiger partial charge is 0.351 e. The number of rotatable bonds is 8. The second-order valence-corrected chi connectivity index (χ2v) is 10.0. The van der Waals surface area contributed by atoms with E-state index in [4.69, 9.17) is 4.98 Å². The summed E-state index contributed by atoms with van der Waals surface area (Å²) in [5.41, 5.74) is 3.22. The lowest BCUT2D eigenvalue weighted by Gasteiger charge is -2.34. The molecule has 0 saturated carbocycles. The summed E-state index contributed by atoms with van der Waals surface area (Å²) >= 11 is 3.58. The molecular weight excluding hydrogens is 424 g/mol. The molecule has 2 heterocycles. The van der Waals surface area contributed by atoms with E-state index in [0.717, 1.165) is 61.1 Å². The zero-order valence-corrected chi connectivity index (χ0v) is 19.9. The maximum atomic E-state index is 12.4. The molecule has 1 aliphatic rings. The Hall–Kier alpha value is -2.09. The van der Waals surface area contributed by atoms with Gasteiger partial charge in [-0.3, -0.25) is 9.69 Å². The molecule has 0 radical (unpaired) electrons. The topological polar surface area (TPSA) is 48.5 Å². The fourth-order valence-electron chi connectivity index (χ4n) is 3.88. The molecule has 0 aliphatic carbocycles. The molecule has 2 aromatic carbocycles. The number of carbonyl (C=O) groups is 1. The average Bonchev–Trinajstić information content (AvgIpc) is 3.25. The highest BCUT2D eigenvalue weighted by Crippen LogP contribution is 2.31. The van der Waals surface area contributed by atoms with Gasteiger partial charge in [0.15, 0.2) is 5.13 Å². The minimum absolute atomic E-state index is 0.00730. The first-order valence-corrected chi connectivity index (χ1v) is 12.8. The molecule has 1 aromatic heterocycles. The number of aromatic nitrogens is 1. The Bertz CT molecular complexity index is 1010. The van der Waals surface area contributed by atoms with Crippen LogP contribution < -0.4 is 10.2 Å². The second kappa shape index (κ2) is 10.5. The van der Waals surface area contributed by atoms with E-state index < -0.39 is 0 Å². The van der Waals surface area contributed by atoms with Crippen molar-refractivity contribution in [3.05, 3.63) is 53.6 Å². The smallest absolute Gasteiger partial charge is 0.251 e. The Balaban J connectivity index is 1.24. The van der Waals surface area contributed by atoms with Gasteiger partial charge in [0, 0.05) is 49.7 Å². The lowest BCUT2D eigenvalue weighted by Crippen LogP contribution is -2.48. The average molecular weight is 455 g/mol. The Morgan fingerprint density at radius 3 is 2.58 bits per heavy atom. The SMILES string of the molecule is CCSc1ccc(C(=O)NCCN2CCN(c3nc4c(CC)cccc4s3)CC2)cc1. The van der Waals surface area contributed by atoms with Crippen LogP contribution in [0, 0.1) is 0 Å². The highest BCUT2D eigenvalue weighted by Gasteiger charge is 2.20. The number of amides is 1. The minimum atomic E-state index is 0.00730. The summed E-state index contributed by atoms with van der Waals surface area (Å²) < 4.78 is 1.28. The van der Waals surface area contributed by atoms with Crippen molar-refractivity contribution in [2.24, 2.45) is 0 Å². The van der Waals surface area contributed by atoms with Gasteiger partial charge in [0.05, 0.1) is 10.2 Å². The van der Waals surface area contributed by atoms with Gasteiger partial charge in [0.25, 0.3) is 5.91 Å². The van der Waals surface area contributed by atoms with Gasteiger partial charge >= 0.3 is 0 Å². The van der Waals surface area contributed by atoms with Gasteiger partial charge in [-0.05, 0) is 48.1 Å². The number of para-hydroxylation sites is 1. The summed E-state index contributed by atoms with van der Waals surface area (Å²) in [6, 6.07) is 14.3. The number of thiazole rings is 1. The van der Waals surface area contributed by atoms with Crippen molar-refractivity contribution < 1.29 is 4.79 Å². The van der Waals surface area contributed by atoms with Crippen LogP contribution in [0.3, 0.4) is 0 Å². The monoisotopic (exact) mass is 454 g/mol. The van der Waals surface area contributed by atoms with E-state index >= 15 is 0 Å². The molecule has 0 atom stereocenters. The van der Waals surface area contributed by atoms with Crippen molar-refractivity contribution in [1.82, 2.24) is 15.2 Å². The van der Waals surface area contributed by atoms with Crippen molar-refractivity contribution in [2.75, 3.05) is 49.9 Å². The molecule has 164 valence electrons. The van der Waals surface area contributed by atoms with Crippen LogP contribution in [-0.4, -0.2) is 60.8 Å². The first-order chi connectivity index (χ1) is 15.2. The molecule has 1 fully saturated rings. The number of thioether (sulfide) groups is 1. The van der Waals surface area contributed by atoms with E-state index in [2.05, 4.69) is 47.2 Å². The number of anilines is 1. The summed E-state index contributed by atoms with van der Waals surface area (Å²) in [5, 5.41) is 4.19. The van der Waals surface area contributed by atoms with Crippen molar-refractivity contribution in [3.8, 4) is 0 Å². The number of nitrogens with zero attached hydrogens (tertiary/aromatic N) is 3. The summed E-state index contributed by atoms with van der Waals surface area (Å²) in [6.45, 7) is 9.81. The third kappa shape index (κ3) is 5.40. The lowest BCUT2D eigenvalue weighted by atomic mass is 10.1. The van der Waals surface area contributed by atoms with E-state index in [-0.39, 0.29) is 5.91 Å². The van der Waals surface area contributed by atoms with Gasteiger partial charge in [-0.2, -0.15) is 0 Å². The normalized spacial score (nSPS) is 14.8. The molecule has 31 heavy (non-hydrogen) atoms. The first-order valence-electron chi connectivity index (χ1n) is 11.0. The highest BCUT2D eigenvalue weighted by atomic mass is 32.2. The van der Waals surface area contributed by atoms with E-state index in [1.54, 1.807) is 23.1 Å². The highest BCUT2D eigenvalue weighted by molar-refractivity contribution is 7.99. The summed E-state index contributed by atoms with van der Waals surface area (Å²) in [7, 11) is 0. The molecule has 4 rings (SSSR count). The van der Waals surface area contributed by atoms with E-state index in [0.29, 0.717) is 6.54 Å². The molecule has 0 bridgehead atoms. The van der Waals surface area contributed by atoms with Crippen LogP contribution >= 0.6 is 23.1 Å². The van der Waals surface area contributed by atoms with E-state index in [1.807, 2.05) is 24.3 Å². The van der Waals surface area contributed by atoms with Gasteiger partial charge < -0.3 is 10.2 Å². The van der Waals surface area contributed by atoms with E-state index in [1.165, 1.54) is 15.2 Å². The maximum Gasteiger partial charge on any atom is 0.251 e. The van der Waals surface area contributed by atoms with Gasteiger partial charge in [0.1, 0.15) is 0 Å². The number of hydrogen-bond acceptors (Lipinski definition) is 6. The summed E-state index contributed by atoms with van der Waals surface area (Å²) in [5.74, 6) is 1.05. The number of hydrogen-bond donors (Lipinski definition) is 1. The number of carbonyl (C=O) groups excluding carboxylic acids is 1. The quantitative estimate of drug-likeness (QED) is 0.507. The first kappa shape index (κ1) is 22.1. The fraction of sp³-hybridized carbons (Fsp3) is 0.417. The number of benzene rings is 2. The van der Waals surface area contributed by atoms with Crippen molar-refractivity contribution in [2.45, 2.75) is 25.2 Å². The molecule has 7 heteroatoms. The van der Waals surface area contributed by atoms with Gasteiger partial charge in [-0.15, -0.1) is 11.8 Å². The summed E-state index contributed by atoms with van der Waals surface area (Å²) in [4.78, 5) is 23.3. The molecule has 1 N–H and O–H groups in total. The number of aryl methyl sites for hydroxylation is 1. The van der Waals surface area contributed by atoms with Gasteiger partial charge in [-0.1, -0.05) is 37.3 Å². The van der Waals surface area contributed by atoms with E-state index in [9.17, 15) is 4.79 Å². The van der Waals surface area contributed by atoms with Crippen molar-refractivity contribution >= 4 is 44.4 Å². The zero-order chi connectivity index (χ0) is 21.6. The Labute approximate surface area is 192 Å². The van der Waals surface area contributed by atoms with Crippen molar-refractivity contribution in [1.29, 1.82) is 0 Å². The van der Waals surface area contributed by atoms with Crippen LogP contribution in [-0.2, 0) is 6.42 Å². The third-order valence-corrected chi connectivity index (χ3v) is 7.63. The van der Waals surface area contributed by atoms with Gasteiger partial charge in [-0.25, -0.2) is 4.98 Å². The Kier molecular flexibility index (Phi) is 7.48. The molecule has 0 unspecified atom stereocenters. The molecule has 3 aromatic rings. The second-order valence-electron chi connectivity index (χ2n) is 7.66.